The minimum atomic E-state index is -0.736. The molecule has 0 aromatic heterocycles. The minimum Gasteiger partial charge on any atom is -0.481 e. The van der Waals surface area contributed by atoms with Crippen molar-refractivity contribution in [2.24, 2.45) is 17.8 Å². The lowest BCUT2D eigenvalue weighted by Crippen LogP contribution is -2.45. The highest BCUT2D eigenvalue weighted by Crippen LogP contribution is 2.35. The van der Waals surface area contributed by atoms with Crippen LogP contribution in [0.2, 0.25) is 0 Å². The SMILES string of the molecule is O=C(O)C1CCCC(C(=O)N2CCCC2C2CCOCC2)C1. The van der Waals surface area contributed by atoms with Crippen molar-refractivity contribution in [1.82, 2.24) is 4.90 Å². The van der Waals surface area contributed by atoms with Crippen LogP contribution in [0.3, 0.4) is 0 Å². The molecule has 2 saturated heterocycles. The summed E-state index contributed by atoms with van der Waals surface area (Å²) >= 11 is 0. The molecule has 1 amide bonds. The molecule has 5 heteroatoms. The first-order valence-corrected chi connectivity index (χ1v) is 8.78. The lowest BCUT2D eigenvalue weighted by atomic mass is 9.80. The second-order valence-corrected chi connectivity index (χ2v) is 7.09. The molecule has 0 spiro atoms. The Morgan fingerprint density at radius 2 is 1.68 bits per heavy atom. The molecule has 2 aliphatic heterocycles. The van der Waals surface area contributed by atoms with Crippen LogP contribution in [0.25, 0.3) is 0 Å². The summed E-state index contributed by atoms with van der Waals surface area (Å²) in [5.41, 5.74) is 0. The van der Waals surface area contributed by atoms with Crippen LogP contribution in [0.15, 0.2) is 0 Å². The number of nitrogens with zero attached hydrogens (tertiary/aromatic N) is 1. The number of aliphatic carboxylic acids is 1. The van der Waals surface area contributed by atoms with Gasteiger partial charge < -0.3 is 14.7 Å². The summed E-state index contributed by atoms with van der Waals surface area (Å²) < 4.78 is 5.44. The summed E-state index contributed by atoms with van der Waals surface area (Å²) in [4.78, 5) is 26.2. The number of ether oxygens (including phenoxy) is 1. The number of hydrogen-bond acceptors (Lipinski definition) is 3. The number of carbonyl (C=O) groups excluding carboxylic acids is 1. The zero-order chi connectivity index (χ0) is 15.5. The van der Waals surface area contributed by atoms with E-state index >= 15 is 0 Å². The van der Waals surface area contributed by atoms with E-state index in [2.05, 4.69) is 4.90 Å². The van der Waals surface area contributed by atoms with Crippen LogP contribution in [0.4, 0.5) is 0 Å². The molecule has 0 radical (unpaired) electrons. The molecule has 3 fully saturated rings. The second-order valence-electron chi connectivity index (χ2n) is 7.09. The van der Waals surface area contributed by atoms with Gasteiger partial charge in [0.2, 0.25) is 5.91 Å². The Morgan fingerprint density at radius 3 is 2.41 bits per heavy atom. The van der Waals surface area contributed by atoms with Crippen LogP contribution >= 0.6 is 0 Å². The van der Waals surface area contributed by atoms with Gasteiger partial charge in [0.25, 0.3) is 0 Å². The van der Waals surface area contributed by atoms with E-state index in [1.807, 2.05) is 0 Å². The van der Waals surface area contributed by atoms with Crippen LogP contribution in [-0.2, 0) is 14.3 Å². The molecule has 3 unspecified atom stereocenters. The van der Waals surface area contributed by atoms with E-state index < -0.39 is 5.97 Å². The van der Waals surface area contributed by atoms with Gasteiger partial charge in [-0.25, -0.2) is 0 Å². The van der Waals surface area contributed by atoms with Crippen LogP contribution < -0.4 is 0 Å². The van der Waals surface area contributed by atoms with Crippen LogP contribution in [0.5, 0.6) is 0 Å². The predicted molar refractivity (Wildman–Crippen MR) is 81.4 cm³/mol. The number of likely N-dealkylation sites (tertiary alicyclic amines) is 1. The van der Waals surface area contributed by atoms with E-state index in [0.717, 1.165) is 64.7 Å². The van der Waals surface area contributed by atoms with Gasteiger partial charge in [0.1, 0.15) is 0 Å². The van der Waals surface area contributed by atoms with Crippen molar-refractivity contribution < 1.29 is 19.4 Å². The number of carboxylic acids is 1. The highest BCUT2D eigenvalue weighted by molar-refractivity contribution is 5.81. The molecule has 0 aromatic carbocycles. The number of amides is 1. The lowest BCUT2D eigenvalue weighted by Gasteiger charge is -2.37. The maximum absolute atomic E-state index is 12.9. The maximum Gasteiger partial charge on any atom is 0.306 e. The summed E-state index contributed by atoms with van der Waals surface area (Å²) in [6.07, 6.45) is 7.28. The van der Waals surface area contributed by atoms with E-state index in [0.29, 0.717) is 18.4 Å². The summed E-state index contributed by atoms with van der Waals surface area (Å²) in [6.45, 7) is 2.48. The van der Waals surface area contributed by atoms with Crippen molar-refractivity contribution in [1.29, 1.82) is 0 Å². The summed E-state index contributed by atoms with van der Waals surface area (Å²) in [6, 6.07) is 0.363. The van der Waals surface area contributed by atoms with Crippen molar-refractivity contribution in [3.63, 3.8) is 0 Å². The smallest absolute Gasteiger partial charge is 0.306 e. The average Bonchev–Trinajstić information content (AvgIpc) is 3.04. The minimum absolute atomic E-state index is 0.0738. The van der Waals surface area contributed by atoms with E-state index in [4.69, 9.17) is 4.74 Å². The molecule has 2 heterocycles. The number of rotatable bonds is 3. The molecule has 1 aliphatic carbocycles. The fraction of sp³-hybridized carbons (Fsp3) is 0.882. The summed E-state index contributed by atoms with van der Waals surface area (Å²) in [5.74, 6) is -0.346. The number of hydrogen-bond donors (Lipinski definition) is 1. The maximum atomic E-state index is 12.9. The van der Waals surface area contributed by atoms with Gasteiger partial charge in [-0.2, -0.15) is 0 Å². The van der Waals surface area contributed by atoms with Crippen molar-refractivity contribution in [2.75, 3.05) is 19.8 Å². The van der Waals surface area contributed by atoms with Gasteiger partial charge in [0.05, 0.1) is 5.92 Å². The van der Waals surface area contributed by atoms with Gasteiger partial charge in [-0.15, -0.1) is 0 Å². The Bertz CT molecular complexity index is 419. The third-order valence-corrected chi connectivity index (χ3v) is 5.77. The third-order valence-electron chi connectivity index (χ3n) is 5.77. The molecule has 0 bridgehead atoms. The number of carboxylic acid groups (broad SMARTS) is 1. The molecule has 5 nitrogen and oxygen atoms in total. The predicted octanol–water partition coefficient (Wildman–Crippen LogP) is 2.29. The number of carbonyl (C=O) groups is 2. The van der Waals surface area contributed by atoms with E-state index in [-0.39, 0.29) is 17.7 Å². The normalized spacial score (nSPS) is 33.8. The first-order valence-electron chi connectivity index (χ1n) is 8.78. The van der Waals surface area contributed by atoms with Crippen LogP contribution in [0, 0.1) is 17.8 Å². The lowest BCUT2D eigenvalue weighted by molar-refractivity contribution is -0.146. The first kappa shape index (κ1) is 15.8. The van der Waals surface area contributed by atoms with Gasteiger partial charge in [0.15, 0.2) is 0 Å². The first-order chi connectivity index (χ1) is 10.7. The van der Waals surface area contributed by atoms with Gasteiger partial charge >= 0.3 is 5.97 Å². The summed E-state index contributed by atoms with van der Waals surface area (Å²) in [5, 5.41) is 9.22. The summed E-state index contributed by atoms with van der Waals surface area (Å²) in [7, 11) is 0. The van der Waals surface area contributed by atoms with Crippen LogP contribution in [0.1, 0.15) is 51.4 Å². The molecule has 0 aromatic rings. The van der Waals surface area contributed by atoms with Gasteiger partial charge in [-0.3, -0.25) is 9.59 Å². The molecular weight excluding hydrogens is 282 g/mol. The van der Waals surface area contributed by atoms with E-state index in [1.54, 1.807) is 0 Å². The Kier molecular flexibility index (Phi) is 5.01. The highest BCUT2D eigenvalue weighted by Gasteiger charge is 2.40. The van der Waals surface area contributed by atoms with Crippen molar-refractivity contribution in [3.8, 4) is 0 Å². The van der Waals surface area contributed by atoms with Crippen molar-refractivity contribution >= 4 is 11.9 Å². The topological polar surface area (TPSA) is 66.8 Å². The Balaban J connectivity index is 1.63. The molecule has 124 valence electrons. The largest absolute Gasteiger partial charge is 0.481 e. The Hall–Kier alpha value is -1.10. The van der Waals surface area contributed by atoms with Crippen molar-refractivity contribution in [3.05, 3.63) is 0 Å². The van der Waals surface area contributed by atoms with E-state index in [9.17, 15) is 14.7 Å². The zero-order valence-corrected chi connectivity index (χ0v) is 13.2. The fourth-order valence-electron chi connectivity index (χ4n) is 4.53. The zero-order valence-electron chi connectivity index (χ0n) is 13.2. The quantitative estimate of drug-likeness (QED) is 0.868. The monoisotopic (exact) mass is 309 g/mol. The Labute approximate surface area is 132 Å². The molecule has 3 rings (SSSR count). The molecular formula is C17H27NO4. The molecule has 1 saturated carbocycles. The fourth-order valence-corrected chi connectivity index (χ4v) is 4.53. The molecule has 22 heavy (non-hydrogen) atoms. The third kappa shape index (κ3) is 3.29. The average molecular weight is 309 g/mol. The van der Waals surface area contributed by atoms with Crippen molar-refractivity contribution in [2.45, 2.75) is 57.4 Å². The second kappa shape index (κ2) is 6.99. The van der Waals surface area contributed by atoms with Gasteiger partial charge in [-0.05, 0) is 50.9 Å². The van der Waals surface area contributed by atoms with Gasteiger partial charge in [-0.1, -0.05) is 6.42 Å². The van der Waals surface area contributed by atoms with Crippen LogP contribution in [-0.4, -0.2) is 47.7 Å². The molecule has 1 N–H and O–H groups in total. The Morgan fingerprint density at radius 1 is 0.955 bits per heavy atom. The highest BCUT2D eigenvalue weighted by atomic mass is 16.5. The molecule has 3 aliphatic rings. The van der Waals surface area contributed by atoms with Gasteiger partial charge in [0, 0.05) is 31.7 Å². The standard InChI is InChI=1S/C17H27NO4/c19-16(13-3-1-4-14(11-13)17(20)21)18-8-2-5-15(18)12-6-9-22-10-7-12/h12-15H,1-11H2,(H,20,21). The van der Waals surface area contributed by atoms with E-state index in [1.165, 1.54) is 0 Å². The molecule has 3 atom stereocenters.